The van der Waals surface area contributed by atoms with Gasteiger partial charge in [0.2, 0.25) is 0 Å². The fourth-order valence-corrected chi connectivity index (χ4v) is 2.30. The van der Waals surface area contributed by atoms with Gasteiger partial charge in [-0.2, -0.15) is 5.10 Å². The first-order valence-electron chi connectivity index (χ1n) is 6.04. The molecule has 3 unspecified atom stereocenters. The van der Waals surface area contributed by atoms with Gasteiger partial charge in [0.1, 0.15) is 0 Å². The Kier molecular flexibility index (Phi) is 3.61. The van der Waals surface area contributed by atoms with Gasteiger partial charge in [-0.1, -0.05) is 0 Å². The van der Waals surface area contributed by atoms with Crippen LogP contribution in [-0.2, 0) is 18.2 Å². The van der Waals surface area contributed by atoms with E-state index in [2.05, 4.69) is 12.0 Å². The Labute approximate surface area is 96.8 Å². The third kappa shape index (κ3) is 2.62. The molecule has 1 aliphatic rings. The molecule has 0 spiro atoms. The van der Waals surface area contributed by atoms with E-state index < -0.39 is 0 Å². The molecule has 4 nitrogen and oxygen atoms in total. The first-order chi connectivity index (χ1) is 7.66. The quantitative estimate of drug-likeness (QED) is 0.835. The van der Waals surface area contributed by atoms with Gasteiger partial charge in [-0.05, 0) is 38.7 Å². The lowest BCUT2D eigenvalue weighted by Gasteiger charge is -2.19. The van der Waals surface area contributed by atoms with Crippen LogP contribution < -0.4 is 5.73 Å². The van der Waals surface area contributed by atoms with Crippen LogP contribution in [0.1, 0.15) is 31.9 Å². The first kappa shape index (κ1) is 11.6. The fraction of sp³-hybridized carbons (Fsp3) is 0.750. The number of rotatable bonds is 4. The van der Waals surface area contributed by atoms with Crippen molar-refractivity contribution in [3.05, 3.63) is 18.0 Å². The molecule has 3 atom stereocenters. The van der Waals surface area contributed by atoms with Gasteiger partial charge in [-0.15, -0.1) is 0 Å². The number of aromatic nitrogens is 2. The van der Waals surface area contributed by atoms with Gasteiger partial charge in [0.15, 0.2) is 0 Å². The maximum absolute atomic E-state index is 6.15. The molecule has 1 fully saturated rings. The highest BCUT2D eigenvalue weighted by atomic mass is 16.5. The molecule has 0 amide bonds. The molecule has 0 radical (unpaired) electrons. The molecular weight excluding hydrogens is 202 g/mol. The number of nitrogens with two attached hydrogens (primary N) is 1. The average molecular weight is 223 g/mol. The minimum atomic E-state index is 0.153. The maximum Gasteiger partial charge on any atom is 0.0730 e. The molecule has 0 saturated carbocycles. The summed E-state index contributed by atoms with van der Waals surface area (Å²) in [6, 6.07) is 2.20. The van der Waals surface area contributed by atoms with Gasteiger partial charge in [0.25, 0.3) is 0 Å². The van der Waals surface area contributed by atoms with E-state index in [4.69, 9.17) is 10.5 Å². The van der Waals surface area contributed by atoms with Crippen molar-refractivity contribution in [1.82, 2.24) is 9.78 Å². The second-order valence-corrected chi connectivity index (χ2v) is 4.71. The smallest absolute Gasteiger partial charge is 0.0730 e. The van der Waals surface area contributed by atoms with E-state index in [0.717, 1.165) is 25.7 Å². The van der Waals surface area contributed by atoms with E-state index in [9.17, 15) is 0 Å². The van der Waals surface area contributed by atoms with Crippen molar-refractivity contribution in [2.24, 2.45) is 12.8 Å². The van der Waals surface area contributed by atoms with E-state index in [1.807, 2.05) is 24.0 Å². The highest BCUT2D eigenvalue weighted by molar-refractivity contribution is 5.00. The monoisotopic (exact) mass is 223 g/mol. The summed E-state index contributed by atoms with van der Waals surface area (Å²) >= 11 is 0. The fourth-order valence-electron chi connectivity index (χ4n) is 2.30. The molecule has 1 aromatic rings. The highest BCUT2D eigenvalue weighted by Gasteiger charge is 2.26. The van der Waals surface area contributed by atoms with E-state index in [0.29, 0.717) is 6.10 Å². The second kappa shape index (κ2) is 4.97. The predicted molar refractivity (Wildman–Crippen MR) is 63.1 cm³/mol. The number of ether oxygens (including phenoxy) is 1. The molecule has 2 N–H and O–H groups in total. The molecule has 0 aliphatic carbocycles. The van der Waals surface area contributed by atoms with Crippen LogP contribution in [0, 0.1) is 0 Å². The van der Waals surface area contributed by atoms with Crippen molar-refractivity contribution in [1.29, 1.82) is 0 Å². The normalized spacial score (nSPS) is 27.2. The summed E-state index contributed by atoms with van der Waals surface area (Å²) in [5.74, 6) is 0. The van der Waals surface area contributed by atoms with E-state index in [1.165, 1.54) is 5.69 Å². The van der Waals surface area contributed by atoms with Crippen LogP contribution in [0.3, 0.4) is 0 Å². The van der Waals surface area contributed by atoms with Gasteiger partial charge in [0.05, 0.1) is 12.2 Å². The summed E-state index contributed by atoms with van der Waals surface area (Å²) in [5.41, 5.74) is 7.39. The van der Waals surface area contributed by atoms with Gasteiger partial charge in [0, 0.05) is 25.0 Å². The van der Waals surface area contributed by atoms with Crippen LogP contribution in [-0.4, -0.2) is 28.0 Å². The standard InChI is InChI=1S/C12H21N3O/c1-9-3-6-12(16-9)11(13)5-4-10-7-8-14-15(10)2/h7-9,11-12H,3-6,13H2,1-2H3. The lowest BCUT2D eigenvalue weighted by atomic mass is 10.0. The van der Waals surface area contributed by atoms with Gasteiger partial charge in [-0.3, -0.25) is 4.68 Å². The second-order valence-electron chi connectivity index (χ2n) is 4.71. The molecular formula is C12H21N3O. The summed E-state index contributed by atoms with van der Waals surface area (Å²) in [4.78, 5) is 0. The van der Waals surface area contributed by atoms with Crippen LogP contribution >= 0.6 is 0 Å². The zero-order chi connectivity index (χ0) is 11.5. The number of hydrogen-bond acceptors (Lipinski definition) is 3. The highest BCUT2D eigenvalue weighted by Crippen LogP contribution is 2.22. The first-order valence-corrected chi connectivity index (χ1v) is 6.04. The summed E-state index contributed by atoms with van der Waals surface area (Å²) in [7, 11) is 1.97. The average Bonchev–Trinajstić information content (AvgIpc) is 2.84. The summed E-state index contributed by atoms with van der Waals surface area (Å²) in [6.07, 6.45) is 6.66. The SMILES string of the molecule is CC1CCC(C(N)CCc2ccnn2C)O1. The molecule has 16 heavy (non-hydrogen) atoms. The van der Waals surface area contributed by atoms with Gasteiger partial charge >= 0.3 is 0 Å². The van der Waals surface area contributed by atoms with E-state index in [1.54, 1.807) is 0 Å². The topological polar surface area (TPSA) is 53.1 Å². The molecule has 2 heterocycles. The van der Waals surface area contributed by atoms with Gasteiger partial charge < -0.3 is 10.5 Å². The van der Waals surface area contributed by atoms with Crippen LogP contribution in [0.15, 0.2) is 12.3 Å². The molecule has 90 valence electrons. The van der Waals surface area contributed by atoms with Crippen molar-refractivity contribution in [2.45, 2.75) is 50.9 Å². The maximum atomic E-state index is 6.15. The predicted octanol–water partition coefficient (Wildman–Crippen LogP) is 1.25. The molecule has 0 bridgehead atoms. The zero-order valence-corrected chi connectivity index (χ0v) is 10.1. The Morgan fingerprint density at radius 2 is 2.44 bits per heavy atom. The van der Waals surface area contributed by atoms with Crippen molar-refractivity contribution in [3.63, 3.8) is 0 Å². The van der Waals surface area contributed by atoms with Crippen LogP contribution in [0.25, 0.3) is 0 Å². The Bertz CT molecular complexity index is 337. The number of aryl methyl sites for hydroxylation is 2. The third-order valence-corrected chi connectivity index (χ3v) is 3.40. The number of hydrogen-bond donors (Lipinski definition) is 1. The zero-order valence-electron chi connectivity index (χ0n) is 10.1. The molecule has 4 heteroatoms. The van der Waals surface area contributed by atoms with Gasteiger partial charge in [-0.25, -0.2) is 0 Å². The van der Waals surface area contributed by atoms with Crippen LogP contribution in [0.2, 0.25) is 0 Å². The van der Waals surface area contributed by atoms with Crippen LogP contribution in [0.4, 0.5) is 0 Å². The van der Waals surface area contributed by atoms with Crippen molar-refractivity contribution in [2.75, 3.05) is 0 Å². The Hall–Kier alpha value is -0.870. The molecule has 1 aromatic heterocycles. The minimum Gasteiger partial charge on any atom is -0.374 e. The Morgan fingerprint density at radius 1 is 1.62 bits per heavy atom. The largest absolute Gasteiger partial charge is 0.374 e. The van der Waals surface area contributed by atoms with Crippen molar-refractivity contribution < 1.29 is 4.74 Å². The summed E-state index contributed by atoms with van der Waals surface area (Å²) in [5, 5.41) is 4.15. The van der Waals surface area contributed by atoms with Crippen molar-refractivity contribution >= 4 is 0 Å². The molecule has 2 rings (SSSR count). The number of nitrogens with zero attached hydrogens (tertiary/aromatic N) is 2. The lowest BCUT2D eigenvalue weighted by Crippen LogP contribution is -2.35. The lowest BCUT2D eigenvalue weighted by molar-refractivity contribution is 0.0387. The Morgan fingerprint density at radius 3 is 3.00 bits per heavy atom. The van der Waals surface area contributed by atoms with E-state index >= 15 is 0 Å². The Balaban J connectivity index is 1.80. The molecule has 1 aliphatic heterocycles. The summed E-state index contributed by atoms with van der Waals surface area (Å²) in [6.45, 7) is 2.12. The van der Waals surface area contributed by atoms with Crippen LogP contribution in [0.5, 0.6) is 0 Å². The van der Waals surface area contributed by atoms with E-state index in [-0.39, 0.29) is 12.1 Å². The summed E-state index contributed by atoms with van der Waals surface area (Å²) < 4.78 is 7.68. The molecule has 0 aromatic carbocycles. The third-order valence-electron chi connectivity index (χ3n) is 3.40. The van der Waals surface area contributed by atoms with Crippen molar-refractivity contribution in [3.8, 4) is 0 Å². The minimum absolute atomic E-state index is 0.153. The molecule has 1 saturated heterocycles.